The van der Waals surface area contributed by atoms with Gasteiger partial charge >= 0.3 is 0 Å². The number of fused-ring (bicyclic) bond motifs is 2. The highest BCUT2D eigenvalue weighted by Gasteiger charge is 2.24. The Balaban J connectivity index is 1.75. The molecule has 1 amide bonds. The SMILES string of the molecule is CCOc1ccc(-c2nc3c(c(SCC(N)=O)n2)Cc2cc(C)ccc2O3)cc1. The quantitative estimate of drug-likeness (QED) is 0.382. The number of carbonyl (C=O) groups excluding carboxylic acids is 1. The molecule has 0 atom stereocenters. The van der Waals surface area contributed by atoms with Crippen molar-refractivity contribution >= 4 is 17.7 Å². The van der Waals surface area contributed by atoms with Crippen molar-refractivity contribution in [1.82, 2.24) is 9.97 Å². The second-order valence-corrected chi connectivity index (χ2v) is 7.70. The number of rotatable bonds is 6. The molecular weight excluding hydrogens is 386 g/mol. The van der Waals surface area contributed by atoms with Crippen LogP contribution in [0.25, 0.3) is 11.4 Å². The van der Waals surface area contributed by atoms with E-state index in [9.17, 15) is 4.79 Å². The molecule has 7 heteroatoms. The molecule has 0 radical (unpaired) electrons. The number of aryl methyl sites for hydroxylation is 1. The Labute approximate surface area is 173 Å². The Morgan fingerprint density at radius 1 is 1.21 bits per heavy atom. The van der Waals surface area contributed by atoms with E-state index in [4.69, 9.17) is 20.2 Å². The third-order valence-electron chi connectivity index (χ3n) is 4.50. The summed E-state index contributed by atoms with van der Waals surface area (Å²) in [6.45, 7) is 4.60. The zero-order valence-corrected chi connectivity index (χ0v) is 17.1. The van der Waals surface area contributed by atoms with Crippen molar-refractivity contribution in [3.05, 3.63) is 59.2 Å². The summed E-state index contributed by atoms with van der Waals surface area (Å²) in [4.78, 5) is 20.7. The van der Waals surface area contributed by atoms with Gasteiger partial charge in [-0.05, 0) is 49.7 Å². The molecule has 4 rings (SSSR count). The fourth-order valence-corrected chi connectivity index (χ4v) is 3.94. The van der Waals surface area contributed by atoms with Crippen molar-refractivity contribution in [2.24, 2.45) is 5.73 Å². The van der Waals surface area contributed by atoms with Crippen LogP contribution in [0, 0.1) is 6.92 Å². The first kappa shape index (κ1) is 19.3. The molecule has 2 N–H and O–H groups in total. The lowest BCUT2D eigenvalue weighted by Crippen LogP contribution is -2.14. The van der Waals surface area contributed by atoms with E-state index in [-0.39, 0.29) is 5.75 Å². The van der Waals surface area contributed by atoms with Crippen LogP contribution >= 0.6 is 11.8 Å². The van der Waals surface area contributed by atoms with Crippen LogP contribution in [0.15, 0.2) is 47.5 Å². The molecule has 6 nitrogen and oxygen atoms in total. The molecule has 3 aromatic rings. The van der Waals surface area contributed by atoms with Crippen LogP contribution in [0.3, 0.4) is 0 Å². The molecular formula is C22H21N3O3S. The normalized spacial score (nSPS) is 11.9. The lowest BCUT2D eigenvalue weighted by molar-refractivity contribution is -0.115. The van der Waals surface area contributed by atoms with E-state index in [2.05, 4.69) is 11.1 Å². The van der Waals surface area contributed by atoms with Gasteiger partial charge in [0.1, 0.15) is 16.5 Å². The van der Waals surface area contributed by atoms with Crippen molar-refractivity contribution in [2.45, 2.75) is 25.3 Å². The third-order valence-corrected chi connectivity index (χ3v) is 5.54. The third kappa shape index (κ3) is 4.19. The van der Waals surface area contributed by atoms with Gasteiger partial charge in [0.25, 0.3) is 0 Å². The molecule has 1 aliphatic rings. The number of primary amides is 1. The van der Waals surface area contributed by atoms with Crippen molar-refractivity contribution in [3.63, 3.8) is 0 Å². The standard InChI is InChI=1S/C22H21N3O3S/c1-3-27-16-7-5-14(6-8-16)20-24-21-17(22(25-20)29-12-19(23)26)11-15-10-13(2)4-9-18(15)28-21/h4-10H,3,11-12H2,1-2H3,(H2,23,26). The maximum absolute atomic E-state index is 11.4. The monoisotopic (exact) mass is 407 g/mol. The highest BCUT2D eigenvalue weighted by atomic mass is 32.2. The predicted molar refractivity (Wildman–Crippen MR) is 113 cm³/mol. The minimum absolute atomic E-state index is 0.146. The molecule has 0 aliphatic carbocycles. The summed E-state index contributed by atoms with van der Waals surface area (Å²) in [5.74, 6) is 2.40. The maximum Gasteiger partial charge on any atom is 0.227 e. The second-order valence-electron chi connectivity index (χ2n) is 6.74. The molecule has 1 aliphatic heterocycles. The zero-order chi connectivity index (χ0) is 20.4. The summed E-state index contributed by atoms with van der Waals surface area (Å²) >= 11 is 1.31. The van der Waals surface area contributed by atoms with Gasteiger partial charge in [0.2, 0.25) is 11.8 Å². The van der Waals surface area contributed by atoms with Gasteiger partial charge < -0.3 is 15.2 Å². The summed E-state index contributed by atoms with van der Waals surface area (Å²) in [6, 6.07) is 13.7. The van der Waals surface area contributed by atoms with Crippen LogP contribution in [0.2, 0.25) is 0 Å². The van der Waals surface area contributed by atoms with Crippen LogP contribution in [0.1, 0.15) is 23.6 Å². The zero-order valence-electron chi connectivity index (χ0n) is 16.3. The molecule has 148 valence electrons. The van der Waals surface area contributed by atoms with E-state index < -0.39 is 5.91 Å². The number of benzene rings is 2. The molecule has 0 unspecified atom stereocenters. The summed E-state index contributed by atoms with van der Waals surface area (Å²) in [5.41, 5.74) is 9.32. The van der Waals surface area contributed by atoms with E-state index in [0.29, 0.717) is 29.8 Å². The van der Waals surface area contributed by atoms with E-state index in [1.165, 1.54) is 11.8 Å². The number of nitrogens with zero attached hydrogens (tertiary/aromatic N) is 2. The highest BCUT2D eigenvalue weighted by Crippen LogP contribution is 2.40. The van der Waals surface area contributed by atoms with Gasteiger partial charge in [0.05, 0.1) is 17.9 Å². The maximum atomic E-state index is 11.4. The minimum atomic E-state index is -0.391. The van der Waals surface area contributed by atoms with Crippen LogP contribution in [0.4, 0.5) is 0 Å². The molecule has 0 spiro atoms. The summed E-state index contributed by atoms with van der Waals surface area (Å²) in [5, 5.41) is 0.713. The van der Waals surface area contributed by atoms with Gasteiger partial charge in [0, 0.05) is 12.0 Å². The number of hydrogen-bond donors (Lipinski definition) is 1. The number of carbonyl (C=O) groups is 1. The molecule has 1 aromatic heterocycles. The Kier molecular flexibility index (Phi) is 5.40. The number of ether oxygens (including phenoxy) is 2. The van der Waals surface area contributed by atoms with E-state index >= 15 is 0 Å². The van der Waals surface area contributed by atoms with E-state index in [1.54, 1.807) is 0 Å². The average molecular weight is 407 g/mol. The molecule has 0 fully saturated rings. The van der Waals surface area contributed by atoms with Gasteiger partial charge in [-0.3, -0.25) is 4.79 Å². The summed E-state index contributed by atoms with van der Waals surface area (Å²) in [6.07, 6.45) is 0.650. The van der Waals surface area contributed by atoms with Gasteiger partial charge in [0.15, 0.2) is 5.82 Å². The molecule has 2 heterocycles. The van der Waals surface area contributed by atoms with Crippen molar-refractivity contribution in [1.29, 1.82) is 0 Å². The second kappa shape index (κ2) is 8.13. The molecule has 2 aromatic carbocycles. The Morgan fingerprint density at radius 2 is 2.00 bits per heavy atom. The first-order valence-electron chi connectivity index (χ1n) is 9.36. The number of amides is 1. The molecule has 0 saturated carbocycles. The van der Waals surface area contributed by atoms with Crippen molar-refractivity contribution in [3.8, 4) is 28.8 Å². The smallest absolute Gasteiger partial charge is 0.227 e. The van der Waals surface area contributed by atoms with Crippen LogP contribution in [-0.4, -0.2) is 28.2 Å². The lowest BCUT2D eigenvalue weighted by atomic mass is 10.0. The van der Waals surface area contributed by atoms with E-state index in [0.717, 1.165) is 33.8 Å². The predicted octanol–water partition coefficient (Wildman–Crippen LogP) is 4.12. The Morgan fingerprint density at radius 3 is 2.72 bits per heavy atom. The van der Waals surface area contributed by atoms with Gasteiger partial charge in [-0.15, -0.1) is 0 Å². The average Bonchev–Trinajstić information content (AvgIpc) is 2.71. The Bertz CT molecular complexity index is 1070. The number of thioether (sulfide) groups is 1. The van der Waals surface area contributed by atoms with Crippen LogP contribution < -0.4 is 15.2 Å². The first-order chi connectivity index (χ1) is 14.0. The van der Waals surface area contributed by atoms with Crippen molar-refractivity contribution < 1.29 is 14.3 Å². The molecule has 0 bridgehead atoms. The summed E-state index contributed by atoms with van der Waals surface area (Å²) in [7, 11) is 0. The minimum Gasteiger partial charge on any atom is -0.494 e. The van der Waals surface area contributed by atoms with Crippen molar-refractivity contribution in [2.75, 3.05) is 12.4 Å². The lowest BCUT2D eigenvalue weighted by Gasteiger charge is -2.22. The number of hydrogen-bond acceptors (Lipinski definition) is 6. The fourth-order valence-electron chi connectivity index (χ4n) is 3.17. The highest BCUT2D eigenvalue weighted by molar-refractivity contribution is 7.99. The Hall–Kier alpha value is -3.06. The number of aromatic nitrogens is 2. The largest absolute Gasteiger partial charge is 0.494 e. The topological polar surface area (TPSA) is 87.3 Å². The van der Waals surface area contributed by atoms with Crippen LogP contribution in [0.5, 0.6) is 17.4 Å². The van der Waals surface area contributed by atoms with E-state index in [1.807, 2.05) is 50.2 Å². The number of nitrogens with two attached hydrogens (primary N) is 1. The van der Waals surface area contributed by atoms with Crippen LogP contribution in [-0.2, 0) is 11.2 Å². The first-order valence-corrected chi connectivity index (χ1v) is 10.3. The van der Waals surface area contributed by atoms with Gasteiger partial charge in [-0.1, -0.05) is 29.5 Å². The van der Waals surface area contributed by atoms with Gasteiger partial charge in [-0.25, -0.2) is 4.98 Å². The summed E-state index contributed by atoms with van der Waals surface area (Å²) < 4.78 is 11.6. The molecule has 29 heavy (non-hydrogen) atoms. The van der Waals surface area contributed by atoms with Gasteiger partial charge in [-0.2, -0.15) is 4.98 Å². The fraction of sp³-hybridized carbons (Fsp3) is 0.227. The molecule has 0 saturated heterocycles.